The second-order valence-corrected chi connectivity index (χ2v) is 10.4. The Morgan fingerprint density at radius 1 is 0.837 bits per heavy atom. The van der Waals surface area contributed by atoms with E-state index in [1.807, 2.05) is 61.5 Å². The molecule has 5 rings (SSSR count). The van der Waals surface area contributed by atoms with E-state index in [0.29, 0.717) is 22.7 Å². The maximum atomic E-state index is 14.2. The lowest BCUT2D eigenvalue weighted by Crippen LogP contribution is -2.46. The Balaban J connectivity index is 1.53. The topological polar surface area (TPSA) is 99.3 Å². The van der Waals surface area contributed by atoms with Gasteiger partial charge in [-0.05, 0) is 59.7 Å². The number of amides is 3. The quantitative estimate of drug-likeness (QED) is 0.275. The van der Waals surface area contributed by atoms with E-state index in [1.165, 1.54) is 9.80 Å². The fourth-order valence-electron chi connectivity index (χ4n) is 5.05. The van der Waals surface area contributed by atoms with Crippen LogP contribution in [0.3, 0.4) is 0 Å². The van der Waals surface area contributed by atoms with E-state index in [4.69, 9.17) is 4.74 Å². The van der Waals surface area contributed by atoms with Gasteiger partial charge in [0.25, 0.3) is 17.6 Å². The van der Waals surface area contributed by atoms with Crippen molar-refractivity contribution in [1.29, 1.82) is 0 Å². The van der Waals surface area contributed by atoms with E-state index in [-0.39, 0.29) is 12.1 Å². The van der Waals surface area contributed by atoms with Crippen molar-refractivity contribution >= 4 is 40.6 Å². The molecule has 4 aromatic carbocycles. The van der Waals surface area contributed by atoms with Gasteiger partial charge >= 0.3 is 0 Å². The first-order valence-electron chi connectivity index (χ1n) is 13.8. The van der Waals surface area contributed by atoms with Gasteiger partial charge in [-0.2, -0.15) is 0 Å². The van der Waals surface area contributed by atoms with Gasteiger partial charge in [-0.15, -0.1) is 0 Å². The minimum absolute atomic E-state index is 0.0843. The minimum atomic E-state index is -1.07. The Labute approximate surface area is 250 Å². The summed E-state index contributed by atoms with van der Waals surface area (Å²) >= 11 is 0. The number of para-hydroxylation sites is 1. The molecule has 4 aromatic rings. The Kier molecular flexibility index (Phi) is 8.52. The highest BCUT2D eigenvalue weighted by Crippen LogP contribution is 2.31. The first-order valence-corrected chi connectivity index (χ1v) is 13.8. The zero-order chi connectivity index (χ0) is 30.5. The van der Waals surface area contributed by atoms with Gasteiger partial charge in [0.2, 0.25) is 5.91 Å². The molecule has 1 atom stereocenters. The van der Waals surface area contributed by atoms with E-state index in [0.717, 1.165) is 11.3 Å². The summed E-state index contributed by atoms with van der Waals surface area (Å²) < 4.78 is 5.32. The van der Waals surface area contributed by atoms with Crippen molar-refractivity contribution in [3.8, 4) is 5.75 Å². The number of fused-ring (bicyclic) bond motifs is 1. The Bertz CT molecular complexity index is 1640. The Morgan fingerprint density at radius 2 is 1.49 bits per heavy atom. The van der Waals surface area contributed by atoms with Crippen molar-refractivity contribution in [2.75, 3.05) is 42.9 Å². The summed E-state index contributed by atoms with van der Waals surface area (Å²) in [7, 11) is 5.41. The summed E-state index contributed by atoms with van der Waals surface area (Å²) in [6.07, 6.45) is 0. The van der Waals surface area contributed by atoms with Crippen LogP contribution < -0.4 is 19.9 Å². The highest BCUT2D eigenvalue weighted by molar-refractivity contribution is 6.52. The number of Topliss-reactive ketones (excluding diaryl/α,β-unsaturated/α-hetero) is 1. The molecule has 1 heterocycles. The molecule has 3 amide bonds. The molecule has 218 valence electrons. The molecule has 1 N–H and O–H groups in total. The fourth-order valence-corrected chi connectivity index (χ4v) is 5.05. The van der Waals surface area contributed by atoms with Crippen LogP contribution in [0.2, 0.25) is 0 Å². The number of anilines is 3. The molecule has 1 aliphatic heterocycles. The summed E-state index contributed by atoms with van der Waals surface area (Å²) in [5, 5.41) is 2.96. The average molecular weight is 577 g/mol. The van der Waals surface area contributed by atoms with Crippen molar-refractivity contribution in [2.45, 2.75) is 12.6 Å². The minimum Gasteiger partial charge on any atom is -0.497 e. The molecule has 9 nitrogen and oxygen atoms in total. The predicted octanol–water partition coefficient (Wildman–Crippen LogP) is 4.70. The number of benzene rings is 4. The number of nitrogens with one attached hydrogen (secondary N) is 1. The van der Waals surface area contributed by atoms with Crippen LogP contribution in [-0.4, -0.2) is 56.2 Å². The summed E-state index contributed by atoms with van der Waals surface area (Å²) in [4.78, 5) is 58.5. The van der Waals surface area contributed by atoms with Gasteiger partial charge in [0, 0.05) is 32.0 Å². The molecule has 0 radical (unpaired) electrons. The van der Waals surface area contributed by atoms with Crippen LogP contribution >= 0.6 is 0 Å². The van der Waals surface area contributed by atoms with Gasteiger partial charge in [-0.1, -0.05) is 54.6 Å². The molecule has 0 unspecified atom stereocenters. The predicted molar refractivity (Wildman–Crippen MR) is 165 cm³/mol. The van der Waals surface area contributed by atoms with Gasteiger partial charge in [0.1, 0.15) is 18.3 Å². The van der Waals surface area contributed by atoms with E-state index in [9.17, 15) is 19.2 Å². The smallest absolute Gasteiger partial charge is 0.299 e. The highest BCUT2D eigenvalue weighted by Gasteiger charge is 2.39. The molecule has 0 aromatic heterocycles. The maximum Gasteiger partial charge on any atom is 0.299 e. The van der Waals surface area contributed by atoms with Crippen LogP contribution in [0.25, 0.3) is 0 Å². The van der Waals surface area contributed by atoms with Crippen LogP contribution in [-0.2, 0) is 20.9 Å². The second-order valence-electron chi connectivity index (χ2n) is 10.4. The third-order valence-electron chi connectivity index (χ3n) is 7.33. The lowest BCUT2D eigenvalue weighted by Gasteiger charge is -2.33. The summed E-state index contributed by atoms with van der Waals surface area (Å²) in [5.41, 5.74) is 3.50. The standard InChI is InChI=1S/C34H32N4O5/c1-36(2)26-17-15-25(16-18-26)35-33(41)31(24-13-19-27(43-3)20-14-24)38(21-23-9-5-4-6-10-23)30(39)22-37-29-12-8-7-11-28(29)32(40)34(37)42/h4-20,31H,21-22H2,1-3H3,(H,35,41)/t31-/m0/s1. The number of carbonyl (C=O) groups is 4. The normalized spacial score (nSPS) is 12.9. The summed E-state index contributed by atoms with van der Waals surface area (Å²) in [6.45, 7) is -0.327. The Morgan fingerprint density at radius 3 is 2.14 bits per heavy atom. The van der Waals surface area contributed by atoms with E-state index in [1.54, 1.807) is 67.8 Å². The number of hydrogen-bond donors (Lipinski definition) is 1. The number of carbonyl (C=O) groups excluding carboxylic acids is 4. The molecular weight excluding hydrogens is 544 g/mol. The average Bonchev–Trinajstić information content (AvgIpc) is 3.26. The number of methoxy groups -OCH3 is 1. The molecule has 0 spiro atoms. The van der Waals surface area contributed by atoms with Gasteiger partial charge in [0.05, 0.1) is 18.4 Å². The second kappa shape index (κ2) is 12.6. The molecule has 1 aliphatic rings. The largest absolute Gasteiger partial charge is 0.497 e. The van der Waals surface area contributed by atoms with Crippen LogP contribution in [0.15, 0.2) is 103 Å². The zero-order valence-corrected chi connectivity index (χ0v) is 24.2. The Hall–Kier alpha value is -5.44. The molecule has 43 heavy (non-hydrogen) atoms. The number of nitrogens with zero attached hydrogens (tertiary/aromatic N) is 3. The fraction of sp³-hybridized carbons (Fsp3) is 0.176. The lowest BCUT2D eigenvalue weighted by atomic mass is 10.0. The van der Waals surface area contributed by atoms with Crippen molar-refractivity contribution in [3.05, 3.63) is 120 Å². The number of hydrogen-bond acceptors (Lipinski definition) is 6. The number of rotatable bonds is 10. The van der Waals surface area contributed by atoms with Crippen LogP contribution in [0.4, 0.5) is 17.1 Å². The molecule has 0 bridgehead atoms. The zero-order valence-electron chi connectivity index (χ0n) is 24.2. The highest BCUT2D eigenvalue weighted by atomic mass is 16.5. The third-order valence-corrected chi connectivity index (χ3v) is 7.33. The van der Waals surface area contributed by atoms with Crippen LogP contribution in [0.5, 0.6) is 5.75 Å². The van der Waals surface area contributed by atoms with Gasteiger partial charge in [0.15, 0.2) is 0 Å². The summed E-state index contributed by atoms with van der Waals surface area (Å²) in [6, 6.07) is 29.1. The first kappa shape index (κ1) is 29.1. The van der Waals surface area contributed by atoms with Gasteiger partial charge in [-0.3, -0.25) is 24.1 Å². The van der Waals surface area contributed by atoms with E-state index >= 15 is 0 Å². The molecule has 0 saturated heterocycles. The SMILES string of the molecule is COc1ccc([C@@H](C(=O)Nc2ccc(N(C)C)cc2)N(Cc2ccccc2)C(=O)CN2C(=O)C(=O)c3ccccc32)cc1. The third kappa shape index (κ3) is 6.25. The van der Waals surface area contributed by atoms with Crippen molar-refractivity contribution in [1.82, 2.24) is 4.90 Å². The van der Waals surface area contributed by atoms with E-state index < -0.39 is 36.1 Å². The van der Waals surface area contributed by atoms with Gasteiger partial charge in [-0.25, -0.2) is 0 Å². The lowest BCUT2D eigenvalue weighted by molar-refractivity contribution is -0.139. The van der Waals surface area contributed by atoms with Crippen molar-refractivity contribution in [3.63, 3.8) is 0 Å². The number of ether oxygens (including phenoxy) is 1. The molecule has 0 fully saturated rings. The first-order chi connectivity index (χ1) is 20.8. The monoisotopic (exact) mass is 576 g/mol. The summed E-state index contributed by atoms with van der Waals surface area (Å²) in [5.74, 6) is -1.78. The van der Waals surface area contributed by atoms with Gasteiger partial charge < -0.3 is 19.9 Å². The molecule has 9 heteroatoms. The molecule has 0 aliphatic carbocycles. The van der Waals surface area contributed by atoms with E-state index in [2.05, 4.69) is 5.32 Å². The van der Waals surface area contributed by atoms with Crippen molar-refractivity contribution < 1.29 is 23.9 Å². The van der Waals surface area contributed by atoms with Crippen molar-refractivity contribution in [2.24, 2.45) is 0 Å². The molecule has 0 saturated carbocycles. The van der Waals surface area contributed by atoms with Crippen LogP contribution in [0, 0.1) is 0 Å². The van der Waals surface area contributed by atoms with Crippen LogP contribution in [0.1, 0.15) is 27.5 Å². The maximum absolute atomic E-state index is 14.2. The number of ketones is 1. The molecular formula is C34H32N4O5.